The maximum Gasteiger partial charge on any atom is 0.0463 e. The highest BCUT2D eigenvalue weighted by molar-refractivity contribution is 6.20. The Kier molecular flexibility index (Phi) is 2.96. The van der Waals surface area contributed by atoms with E-state index in [9.17, 15) is 0 Å². The smallest absolute Gasteiger partial charge is 0.0463 e. The molecule has 0 aromatic carbocycles. The standard InChI is InChI=1S/C7H13ClO2/c8-7-1-5(3-9)6(2-7)4-10/h5-7,9-10H,1-4H2/t5-,6+,7?. The first kappa shape index (κ1) is 8.31. The molecule has 0 radical (unpaired) electrons. The highest BCUT2D eigenvalue weighted by Crippen LogP contribution is 2.34. The van der Waals surface area contributed by atoms with Gasteiger partial charge < -0.3 is 10.2 Å². The number of rotatable bonds is 2. The quantitative estimate of drug-likeness (QED) is 0.587. The van der Waals surface area contributed by atoms with Gasteiger partial charge in [-0.25, -0.2) is 0 Å². The van der Waals surface area contributed by atoms with Crippen molar-refractivity contribution in [2.24, 2.45) is 11.8 Å². The second kappa shape index (κ2) is 3.56. The first-order valence-corrected chi connectivity index (χ1v) is 4.07. The van der Waals surface area contributed by atoms with E-state index in [0.29, 0.717) is 0 Å². The van der Waals surface area contributed by atoms with Crippen LogP contribution in [0.3, 0.4) is 0 Å². The van der Waals surface area contributed by atoms with Gasteiger partial charge in [0.2, 0.25) is 0 Å². The summed E-state index contributed by atoms with van der Waals surface area (Å²) in [6.07, 6.45) is 1.70. The predicted molar refractivity (Wildman–Crippen MR) is 40.0 cm³/mol. The summed E-state index contributed by atoms with van der Waals surface area (Å²) in [6.45, 7) is 0.322. The van der Waals surface area contributed by atoms with Crippen molar-refractivity contribution in [2.45, 2.75) is 18.2 Å². The van der Waals surface area contributed by atoms with Gasteiger partial charge in [-0.3, -0.25) is 0 Å². The van der Waals surface area contributed by atoms with E-state index in [4.69, 9.17) is 21.8 Å². The Hall–Kier alpha value is 0.210. The van der Waals surface area contributed by atoms with Crippen LogP contribution in [0.25, 0.3) is 0 Å². The molecule has 0 saturated heterocycles. The van der Waals surface area contributed by atoms with E-state index in [2.05, 4.69) is 0 Å². The maximum atomic E-state index is 8.82. The van der Waals surface area contributed by atoms with E-state index in [0.717, 1.165) is 12.8 Å². The lowest BCUT2D eigenvalue weighted by atomic mass is 9.98. The van der Waals surface area contributed by atoms with Gasteiger partial charge in [-0.2, -0.15) is 0 Å². The Morgan fingerprint density at radius 3 is 1.80 bits per heavy atom. The van der Waals surface area contributed by atoms with Crippen LogP contribution in [0, 0.1) is 11.8 Å². The molecule has 10 heavy (non-hydrogen) atoms. The Balaban J connectivity index is 2.41. The van der Waals surface area contributed by atoms with Gasteiger partial charge >= 0.3 is 0 Å². The highest BCUT2D eigenvalue weighted by Gasteiger charge is 2.31. The predicted octanol–water partition coefficient (Wildman–Crippen LogP) is 0.605. The van der Waals surface area contributed by atoms with Crippen molar-refractivity contribution in [1.29, 1.82) is 0 Å². The fourth-order valence-electron chi connectivity index (χ4n) is 1.59. The van der Waals surface area contributed by atoms with Gasteiger partial charge in [-0.05, 0) is 24.7 Å². The van der Waals surface area contributed by atoms with Gasteiger partial charge in [0.05, 0.1) is 0 Å². The summed E-state index contributed by atoms with van der Waals surface area (Å²) in [4.78, 5) is 0. The first-order chi connectivity index (χ1) is 4.77. The Labute approximate surface area is 65.8 Å². The summed E-state index contributed by atoms with van der Waals surface area (Å²) >= 11 is 5.84. The third-order valence-electron chi connectivity index (χ3n) is 2.25. The number of aliphatic hydroxyl groups excluding tert-OH is 2. The molecule has 2 N–H and O–H groups in total. The number of hydrogen-bond donors (Lipinski definition) is 2. The number of halogens is 1. The molecule has 60 valence electrons. The van der Waals surface area contributed by atoms with Crippen LogP contribution in [-0.4, -0.2) is 28.8 Å². The lowest BCUT2D eigenvalue weighted by Crippen LogP contribution is -2.15. The first-order valence-electron chi connectivity index (χ1n) is 3.63. The van der Waals surface area contributed by atoms with Gasteiger partial charge in [0.25, 0.3) is 0 Å². The molecular weight excluding hydrogens is 152 g/mol. The van der Waals surface area contributed by atoms with Crippen molar-refractivity contribution >= 4 is 11.6 Å². The lowest BCUT2D eigenvalue weighted by molar-refractivity contribution is 0.141. The van der Waals surface area contributed by atoms with Crippen LogP contribution in [-0.2, 0) is 0 Å². The van der Waals surface area contributed by atoms with Gasteiger partial charge in [0.15, 0.2) is 0 Å². The Bertz CT molecular complexity index is 95.8. The average molecular weight is 165 g/mol. The van der Waals surface area contributed by atoms with Crippen LogP contribution in [0.2, 0.25) is 0 Å². The molecule has 0 aliphatic heterocycles. The minimum absolute atomic E-state index is 0.161. The van der Waals surface area contributed by atoms with Gasteiger partial charge in [-0.15, -0.1) is 11.6 Å². The van der Waals surface area contributed by atoms with Crippen molar-refractivity contribution in [3.8, 4) is 0 Å². The molecule has 2 nitrogen and oxygen atoms in total. The minimum atomic E-state index is 0.161. The summed E-state index contributed by atoms with van der Waals surface area (Å²) < 4.78 is 0. The topological polar surface area (TPSA) is 40.5 Å². The molecule has 1 fully saturated rings. The zero-order valence-electron chi connectivity index (χ0n) is 5.83. The minimum Gasteiger partial charge on any atom is -0.396 e. The zero-order valence-corrected chi connectivity index (χ0v) is 6.59. The van der Waals surface area contributed by atoms with Gasteiger partial charge in [-0.1, -0.05) is 0 Å². The molecular formula is C7H13ClO2. The van der Waals surface area contributed by atoms with E-state index < -0.39 is 0 Å². The second-order valence-electron chi connectivity index (χ2n) is 2.95. The van der Waals surface area contributed by atoms with Crippen LogP contribution >= 0.6 is 11.6 Å². The SMILES string of the molecule is OC[C@@H]1CC(Cl)C[C@@H]1CO. The maximum absolute atomic E-state index is 8.82. The zero-order chi connectivity index (χ0) is 7.56. The average Bonchev–Trinajstić information content (AvgIpc) is 2.30. The van der Waals surface area contributed by atoms with Crippen molar-refractivity contribution in [3.05, 3.63) is 0 Å². The Morgan fingerprint density at radius 1 is 1.10 bits per heavy atom. The van der Waals surface area contributed by atoms with E-state index in [1.165, 1.54) is 0 Å². The molecule has 1 rings (SSSR count). The molecule has 0 spiro atoms. The number of alkyl halides is 1. The summed E-state index contributed by atoms with van der Waals surface area (Å²) in [6, 6.07) is 0. The monoisotopic (exact) mass is 164 g/mol. The molecule has 1 unspecified atom stereocenters. The molecule has 0 bridgehead atoms. The van der Waals surface area contributed by atoms with Crippen molar-refractivity contribution in [1.82, 2.24) is 0 Å². The highest BCUT2D eigenvalue weighted by atomic mass is 35.5. The van der Waals surface area contributed by atoms with E-state index >= 15 is 0 Å². The third-order valence-corrected chi connectivity index (χ3v) is 2.61. The fourth-order valence-corrected chi connectivity index (χ4v) is 2.04. The fraction of sp³-hybridized carbons (Fsp3) is 1.00. The van der Waals surface area contributed by atoms with Crippen LogP contribution in [0.1, 0.15) is 12.8 Å². The summed E-state index contributed by atoms with van der Waals surface area (Å²) in [7, 11) is 0. The normalized spacial score (nSPS) is 40.5. The van der Waals surface area contributed by atoms with Crippen LogP contribution in [0.4, 0.5) is 0 Å². The van der Waals surface area contributed by atoms with Crippen LogP contribution in [0.15, 0.2) is 0 Å². The molecule has 0 aromatic rings. The van der Waals surface area contributed by atoms with E-state index in [1.807, 2.05) is 0 Å². The Morgan fingerprint density at radius 2 is 1.50 bits per heavy atom. The van der Waals surface area contributed by atoms with E-state index in [-0.39, 0.29) is 30.4 Å². The van der Waals surface area contributed by atoms with Gasteiger partial charge in [0, 0.05) is 18.6 Å². The van der Waals surface area contributed by atoms with Crippen molar-refractivity contribution in [3.63, 3.8) is 0 Å². The molecule has 1 aliphatic carbocycles. The largest absolute Gasteiger partial charge is 0.396 e. The van der Waals surface area contributed by atoms with Crippen LogP contribution in [0.5, 0.6) is 0 Å². The van der Waals surface area contributed by atoms with Gasteiger partial charge in [0.1, 0.15) is 0 Å². The molecule has 3 heteroatoms. The lowest BCUT2D eigenvalue weighted by Gasteiger charge is -2.12. The summed E-state index contributed by atoms with van der Waals surface area (Å²) in [5.41, 5.74) is 0. The molecule has 0 amide bonds. The summed E-state index contributed by atoms with van der Waals surface area (Å²) in [5.74, 6) is 0.458. The van der Waals surface area contributed by atoms with Crippen molar-refractivity contribution < 1.29 is 10.2 Å². The van der Waals surface area contributed by atoms with Crippen molar-refractivity contribution in [2.75, 3.05) is 13.2 Å². The number of hydrogen-bond acceptors (Lipinski definition) is 2. The molecule has 0 aromatic heterocycles. The molecule has 1 saturated carbocycles. The van der Waals surface area contributed by atoms with Crippen LogP contribution < -0.4 is 0 Å². The molecule has 3 atom stereocenters. The van der Waals surface area contributed by atoms with E-state index in [1.54, 1.807) is 0 Å². The molecule has 1 aliphatic rings. The number of aliphatic hydroxyl groups is 2. The third kappa shape index (κ3) is 1.62. The second-order valence-corrected chi connectivity index (χ2v) is 3.57. The summed E-state index contributed by atoms with van der Waals surface area (Å²) in [5, 5.41) is 17.8. The molecule has 0 heterocycles.